The Morgan fingerprint density at radius 2 is 1.76 bits per heavy atom. The lowest BCUT2D eigenvalue weighted by atomic mass is 10.1. The first-order valence-corrected chi connectivity index (χ1v) is 9.78. The van der Waals surface area contributed by atoms with E-state index in [4.69, 9.17) is 9.41 Å². The summed E-state index contributed by atoms with van der Waals surface area (Å²) in [6.45, 7) is 0.470. The highest BCUT2D eigenvalue weighted by atomic mass is 16.3. The second-order valence-electron chi connectivity index (χ2n) is 7.29. The van der Waals surface area contributed by atoms with Crippen LogP contribution in [0.2, 0.25) is 0 Å². The lowest BCUT2D eigenvalue weighted by Gasteiger charge is -2.25. The van der Waals surface area contributed by atoms with Crippen molar-refractivity contribution in [3.05, 3.63) is 107 Å². The standard InChI is InChI=1S/C24H21N3O2/c28-24-21(15-19-12-7-13-29-19)26-23-20(14-17-8-3-1-4-9-17)25-22(16-27(23)24)18-10-5-2-6-11-18/h1-13,21,26H,14-16H2. The molecule has 1 saturated heterocycles. The molecule has 1 aromatic heterocycles. The van der Waals surface area contributed by atoms with Gasteiger partial charge in [-0.15, -0.1) is 0 Å². The van der Waals surface area contributed by atoms with E-state index < -0.39 is 0 Å². The SMILES string of the molecule is O=C1C(Cc2ccco2)NC2=C(Cc3ccccc3)N=C(c3ccccc3)CN12. The van der Waals surface area contributed by atoms with Gasteiger partial charge < -0.3 is 9.73 Å². The van der Waals surface area contributed by atoms with Crippen LogP contribution in [-0.2, 0) is 17.6 Å². The summed E-state index contributed by atoms with van der Waals surface area (Å²) in [4.78, 5) is 20.0. The summed E-state index contributed by atoms with van der Waals surface area (Å²) in [6, 6.07) is 23.7. The number of furan rings is 1. The maximum absolute atomic E-state index is 13.2. The molecule has 2 aromatic carbocycles. The Labute approximate surface area is 169 Å². The van der Waals surface area contributed by atoms with Crippen LogP contribution in [0, 0.1) is 0 Å². The number of benzene rings is 2. The fourth-order valence-electron chi connectivity index (χ4n) is 3.87. The molecule has 2 aliphatic heterocycles. The van der Waals surface area contributed by atoms with Gasteiger partial charge in [-0.1, -0.05) is 60.7 Å². The average Bonchev–Trinajstić information content (AvgIpc) is 3.38. The average molecular weight is 383 g/mol. The smallest absolute Gasteiger partial charge is 0.251 e. The Kier molecular flexibility index (Phi) is 4.48. The maximum atomic E-state index is 13.2. The molecule has 0 saturated carbocycles. The number of amides is 1. The number of aliphatic imine (C=N–C) groups is 1. The molecule has 2 aliphatic rings. The molecule has 29 heavy (non-hydrogen) atoms. The van der Waals surface area contributed by atoms with Crippen molar-refractivity contribution in [2.45, 2.75) is 18.9 Å². The molecule has 144 valence electrons. The minimum absolute atomic E-state index is 0.0605. The lowest BCUT2D eigenvalue weighted by Crippen LogP contribution is -2.36. The van der Waals surface area contributed by atoms with Crippen molar-refractivity contribution in [1.29, 1.82) is 0 Å². The van der Waals surface area contributed by atoms with E-state index >= 15 is 0 Å². The van der Waals surface area contributed by atoms with E-state index in [1.807, 2.05) is 65.6 Å². The monoisotopic (exact) mass is 383 g/mol. The number of allylic oxidation sites excluding steroid dienone is 1. The van der Waals surface area contributed by atoms with Gasteiger partial charge in [-0.05, 0) is 23.3 Å². The van der Waals surface area contributed by atoms with Gasteiger partial charge >= 0.3 is 0 Å². The van der Waals surface area contributed by atoms with Crippen LogP contribution in [-0.4, -0.2) is 29.1 Å². The van der Waals surface area contributed by atoms with Crippen molar-refractivity contribution in [3.63, 3.8) is 0 Å². The second kappa shape index (κ2) is 7.43. The molecule has 5 nitrogen and oxygen atoms in total. The molecule has 0 radical (unpaired) electrons. The summed E-state index contributed by atoms with van der Waals surface area (Å²) in [5, 5.41) is 3.41. The Morgan fingerprint density at radius 3 is 2.48 bits per heavy atom. The van der Waals surface area contributed by atoms with Crippen LogP contribution in [0.4, 0.5) is 0 Å². The summed E-state index contributed by atoms with van der Waals surface area (Å²) < 4.78 is 5.45. The maximum Gasteiger partial charge on any atom is 0.251 e. The van der Waals surface area contributed by atoms with Gasteiger partial charge in [0.05, 0.1) is 24.2 Å². The van der Waals surface area contributed by atoms with E-state index in [-0.39, 0.29) is 11.9 Å². The molecule has 1 amide bonds. The summed E-state index contributed by atoms with van der Waals surface area (Å²) >= 11 is 0. The van der Waals surface area contributed by atoms with E-state index in [1.54, 1.807) is 6.26 Å². The first-order chi connectivity index (χ1) is 14.3. The molecule has 1 N–H and O–H groups in total. The quantitative estimate of drug-likeness (QED) is 0.733. The normalized spacial score (nSPS) is 18.5. The van der Waals surface area contributed by atoms with Crippen molar-refractivity contribution in [1.82, 2.24) is 10.2 Å². The van der Waals surface area contributed by atoms with Crippen molar-refractivity contribution in [3.8, 4) is 0 Å². The Hall–Kier alpha value is -3.60. The van der Waals surface area contributed by atoms with Gasteiger partial charge in [0, 0.05) is 12.8 Å². The van der Waals surface area contributed by atoms with Crippen LogP contribution in [0.3, 0.4) is 0 Å². The molecule has 5 heteroatoms. The van der Waals surface area contributed by atoms with E-state index in [1.165, 1.54) is 0 Å². The van der Waals surface area contributed by atoms with Gasteiger partial charge in [0.1, 0.15) is 17.6 Å². The third kappa shape index (κ3) is 3.47. The Bertz CT molecular complexity index is 1070. The minimum Gasteiger partial charge on any atom is -0.469 e. The fourth-order valence-corrected chi connectivity index (χ4v) is 3.87. The molecule has 5 rings (SSSR count). The highest BCUT2D eigenvalue weighted by Gasteiger charge is 2.40. The number of carbonyl (C=O) groups is 1. The van der Waals surface area contributed by atoms with Gasteiger partial charge in [-0.3, -0.25) is 14.7 Å². The minimum atomic E-state index is -0.341. The van der Waals surface area contributed by atoms with Crippen molar-refractivity contribution in [2.75, 3.05) is 6.54 Å². The van der Waals surface area contributed by atoms with Crippen LogP contribution in [0.1, 0.15) is 16.9 Å². The molecule has 3 heterocycles. The molecular formula is C24H21N3O2. The van der Waals surface area contributed by atoms with Gasteiger partial charge in [0.2, 0.25) is 0 Å². The Balaban J connectivity index is 1.50. The van der Waals surface area contributed by atoms with E-state index in [9.17, 15) is 4.79 Å². The lowest BCUT2D eigenvalue weighted by molar-refractivity contribution is -0.127. The summed E-state index contributed by atoms with van der Waals surface area (Å²) in [5.74, 6) is 1.67. The zero-order chi connectivity index (χ0) is 19.6. The fraction of sp³-hybridized carbons (Fsp3) is 0.167. The number of nitrogens with one attached hydrogen (secondary N) is 1. The van der Waals surface area contributed by atoms with Crippen molar-refractivity contribution < 1.29 is 9.21 Å². The van der Waals surface area contributed by atoms with Gasteiger partial charge in [-0.2, -0.15) is 0 Å². The van der Waals surface area contributed by atoms with Crippen molar-refractivity contribution in [2.24, 2.45) is 4.99 Å². The topological polar surface area (TPSA) is 57.8 Å². The van der Waals surface area contributed by atoms with Crippen LogP contribution in [0.15, 0.2) is 100.0 Å². The van der Waals surface area contributed by atoms with E-state index in [0.29, 0.717) is 19.4 Å². The number of nitrogens with zero attached hydrogens (tertiary/aromatic N) is 2. The first kappa shape index (κ1) is 17.5. The number of rotatable bonds is 5. The molecular weight excluding hydrogens is 362 g/mol. The molecule has 1 fully saturated rings. The van der Waals surface area contributed by atoms with Gasteiger partial charge in [-0.25, -0.2) is 0 Å². The van der Waals surface area contributed by atoms with Crippen LogP contribution in [0.25, 0.3) is 0 Å². The number of carbonyl (C=O) groups excluding carboxylic acids is 1. The predicted molar refractivity (Wildman–Crippen MR) is 111 cm³/mol. The first-order valence-electron chi connectivity index (χ1n) is 9.78. The summed E-state index contributed by atoms with van der Waals surface area (Å²) in [7, 11) is 0. The van der Waals surface area contributed by atoms with Crippen molar-refractivity contribution >= 4 is 11.6 Å². The number of hydrogen-bond acceptors (Lipinski definition) is 4. The highest BCUT2D eigenvalue weighted by molar-refractivity contribution is 6.06. The number of hydrogen-bond donors (Lipinski definition) is 1. The Morgan fingerprint density at radius 1 is 1.00 bits per heavy atom. The molecule has 1 unspecified atom stereocenters. The second-order valence-corrected chi connectivity index (χ2v) is 7.29. The van der Waals surface area contributed by atoms with E-state index in [0.717, 1.165) is 34.1 Å². The number of fused-ring (bicyclic) bond motifs is 1. The zero-order valence-corrected chi connectivity index (χ0v) is 15.9. The predicted octanol–water partition coefficient (Wildman–Crippen LogP) is 3.54. The molecule has 0 aliphatic carbocycles. The van der Waals surface area contributed by atoms with Crippen LogP contribution < -0.4 is 5.32 Å². The molecule has 0 bridgehead atoms. The summed E-state index contributed by atoms with van der Waals surface area (Å²) in [6.07, 6.45) is 2.82. The van der Waals surface area contributed by atoms with Gasteiger partial charge in [0.25, 0.3) is 5.91 Å². The largest absolute Gasteiger partial charge is 0.469 e. The van der Waals surface area contributed by atoms with Gasteiger partial charge in [0.15, 0.2) is 0 Å². The molecule has 1 atom stereocenters. The summed E-state index contributed by atoms with van der Waals surface area (Å²) in [5.41, 5.74) is 4.00. The third-order valence-electron chi connectivity index (χ3n) is 5.30. The third-order valence-corrected chi connectivity index (χ3v) is 5.30. The van der Waals surface area contributed by atoms with E-state index in [2.05, 4.69) is 17.4 Å². The molecule has 3 aromatic rings. The highest BCUT2D eigenvalue weighted by Crippen LogP contribution is 2.28. The van der Waals surface area contributed by atoms with Crippen LogP contribution in [0.5, 0.6) is 0 Å². The zero-order valence-electron chi connectivity index (χ0n) is 15.9. The molecule has 0 spiro atoms. The van der Waals surface area contributed by atoms with Crippen LogP contribution >= 0.6 is 0 Å².